The fourth-order valence-electron chi connectivity index (χ4n) is 5.63. The van der Waals surface area contributed by atoms with Crippen molar-refractivity contribution in [3.8, 4) is 11.1 Å². The van der Waals surface area contributed by atoms with Gasteiger partial charge in [-0.1, -0.05) is 85.3 Å². The largest absolute Gasteiger partial charge is 0.480 e. The van der Waals surface area contributed by atoms with Gasteiger partial charge in [0.1, 0.15) is 13.2 Å². The van der Waals surface area contributed by atoms with Crippen molar-refractivity contribution in [2.24, 2.45) is 5.92 Å². The molecular weight excluding hydrogens is 468 g/mol. The van der Waals surface area contributed by atoms with Crippen LogP contribution in [0.2, 0.25) is 0 Å². The number of benzene rings is 3. The molecule has 0 aliphatic heterocycles. The number of fused-ring (bicyclic) bond motifs is 3. The minimum atomic E-state index is -1.07. The van der Waals surface area contributed by atoms with Crippen LogP contribution in [0.4, 0.5) is 4.79 Å². The standard InChI is InChI=1S/C30H30N2O5/c33-28(34)18-32(17-20-9-2-1-3-10-20)29(35)25-15-8-16-27(25)31-30(36)37-19-26-23-13-6-4-11-21(23)22-12-5-7-14-24(22)26/h1-7,9-14,25-27H,8,15-19H2,(H,31,36)(H,33,34)/t25-,27+/m1/s1. The summed E-state index contributed by atoms with van der Waals surface area (Å²) in [7, 11) is 0. The van der Waals surface area contributed by atoms with Gasteiger partial charge in [0, 0.05) is 18.5 Å². The van der Waals surface area contributed by atoms with E-state index < -0.39 is 24.0 Å². The minimum Gasteiger partial charge on any atom is -0.480 e. The topological polar surface area (TPSA) is 95.9 Å². The summed E-state index contributed by atoms with van der Waals surface area (Å²) in [5.74, 6) is -1.85. The molecule has 2 aliphatic rings. The highest BCUT2D eigenvalue weighted by Gasteiger charge is 2.38. The Morgan fingerprint density at radius 2 is 1.49 bits per heavy atom. The fourth-order valence-corrected chi connectivity index (χ4v) is 5.63. The Morgan fingerprint density at radius 3 is 2.14 bits per heavy atom. The van der Waals surface area contributed by atoms with E-state index in [9.17, 15) is 19.5 Å². The van der Waals surface area contributed by atoms with Gasteiger partial charge in [-0.15, -0.1) is 0 Å². The van der Waals surface area contributed by atoms with Gasteiger partial charge in [0.2, 0.25) is 5.91 Å². The van der Waals surface area contributed by atoms with Crippen molar-refractivity contribution in [1.29, 1.82) is 0 Å². The van der Waals surface area contributed by atoms with Crippen LogP contribution in [-0.2, 0) is 20.9 Å². The van der Waals surface area contributed by atoms with E-state index in [4.69, 9.17) is 4.74 Å². The lowest BCUT2D eigenvalue weighted by Crippen LogP contribution is -2.47. The lowest BCUT2D eigenvalue weighted by Gasteiger charge is -2.28. The number of nitrogens with zero attached hydrogens (tertiary/aromatic N) is 1. The molecule has 0 unspecified atom stereocenters. The molecule has 190 valence electrons. The quantitative estimate of drug-likeness (QED) is 0.465. The third kappa shape index (κ3) is 5.35. The van der Waals surface area contributed by atoms with Crippen molar-refractivity contribution < 1.29 is 24.2 Å². The number of aliphatic carboxylic acids is 1. The van der Waals surface area contributed by atoms with Crippen LogP contribution in [0.3, 0.4) is 0 Å². The first-order chi connectivity index (χ1) is 18.0. The molecule has 7 nitrogen and oxygen atoms in total. The predicted molar refractivity (Wildman–Crippen MR) is 139 cm³/mol. The SMILES string of the molecule is O=C(O)CN(Cc1ccccc1)C(=O)[C@@H]1CCC[C@@H]1NC(=O)OCC1c2ccccc2-c2ccccc21. The molecule has 1 fully saturated rings. The Morgan fingerprint density at radius 1 is 0.865 bits per heavy atom. The van der Waals surface area contributed by atoms with E-state index in [2.05, 4.69) is 29.6 Å². The summed E-state index contributed by atoms with van der Waals surface area (Å²) in [5, 5.41) is 12.3. The zero-order valence-corrected chi connectivity index (χ0v) is 20.5. The second kappa shape index (κ2) is 10.9. The number of carbonyl (C=O) groups is 3. The number of alkyl carbamates (subject to hydrolysis) is 1. The second-order valence-electron chi connectivity index (χ2n) is 9.69. The maximum absolute atomic E-state index is 13.4. The average Bonchev–Trinajstić information content (AvgIpc) is 3.49. The molecular formula is C30H30N2O5. The summed E-state index contributed by atoms with van der Waals surface area (Å²) in [6.07, 6.45) is 1.46. The van der Waals surface area contributed by atoms with E-state index >= 15 is 0 Å². The molecule has 0 radical (unpaired) electrons. The highest BCUT2D eigenvalue weighted by atomic mass is 16.5. The summed E-state index contributed by atoms with van der Waals surface area (Å²) in [4.78, 5) is 39.1. The normalized spacial score (nSPS) is 18.1. The number of nitrogens with one attached hydrogen (secondary N) is 1. The summed E-state index contributed by atoms with van der Waals surface area (Å²) >= 11 is 0. The van der Waals surface area contributed by atoms with Crippen LogP contribution in [0.1, 0.15) is 41.9 Å². The Bertz CT molecular complexity index is 1250. The van der Waals surface area contributed by atoms with Gasteiger partial charge in [-0.3, -0.25) is 9.59 Å². The number of carboxylic acids is 1. The van der Waals surface area contributed by atoms with E-state index in [0.717, 1.165) is 34.2 Å². The molecule has 3 aromatic carbocycles. The van der Waals surface area contributed by atoms with Crippen molar-refractivity contribution >= 4 is 18.0 Å². The molecule has 2 amide bonds. The molecule has 0 heterocycles. The van der Waals surface area contributed by atoms with Gasteiger partial charge in [-0.2, -0.15) is 0 Å². The zero-order chi connectivity index (χ0) is 25.8. The van der Waals surface area contributed by atoms with Gasteiger partial charge < -0.3 is 20.1 Å². The fraction of sp³-hybridized carbons (Fsp3) is 0.300. The van der Waals surface area contributed by atoms with E-state index in [0.29, 0.717) is 12.8 Å². The molecule has 0 bridgehead atoms. The predicted octanol–water partition coefficient (Wildman–Crippen LogP) is 4.81. The molecule has 5 rings (SSSR count). The summed E-state index contributed by atoms with van der Waals surface area (Å²) < 4.78 is 5.68. The first kappa shape index (κ1) is 24.6. The van der Waals surface area contributed by atoms with E-state index in [1.54, 1.807) is 0 Å². The molecule has 3 aromatic rings. The second-order valence-corrected chi connectivity index (χ2v) is 9.69. The minimum absolute atomic E-state index is 0.0453. The first-order valence-corrected chi connectivity index (χ1v) is 12.7. The van der Waals surface area contributed by atoms with Gasteiger partial charge in [0.05, 0.1) is 5.92 Å². The lowest BCUT2D eigenvalue weighted by molar-refractivity contribution is -0.147. The Kier molecular flexibility index (Phi) is 7.21. The average molecular weight is 499 g/mol. The Balaban J connectivity index is 1.23. The number of hydrogen-bond donors (Lipinski definition) is 2. The van der Waals surface area contributed by atoms with Crippen molar-refractivity contribution in [2.45, 2.75) is 37.8 Å². The van der Waals surface area contributed by atoms with Crippen LogP contribution in [0.25, 0.3) is 11.1 Å². The van der Waals surface area contributed by atoms with Crippen molar-refractivity contribution in [1.82, 2.24) is 10.2 Å². The number of amides is 2. The van der Waals surface area contributed by atoms with Crippen molar-refractivity contribution in [3.05, 3.63) is 95.6 Å². The molecule has 0 aromatic heterocycles. The van der Waals surface area contributed by atoms with Crippen LogP contribution < -0.4 is 5.32 Å². The molecule has 1 saturated carbocycles. The first-order valence-electron chi connectivity index (χ1n) is 12.7. The van der Waals surface area contributed by atoms with Gasteiger partial charge in [0.15, 0.2) is 0 Å². The molecule has 37 heavy (non-hydrogen) atoms. The molecule has 0 saturated heterocycles. The Hall–Kier alpha value is -4.13. The number of ether oxygens (including phenoxy) is 1. The highest BCUT2D eigenvalue weighted by Crippen LogP contribution is 2.44. The molecule has 2 aliphatic carbocycles. The van der Waals surface area contributed by atoms with Gasteiger partial charge in [0.25, 0.3) is 0 Å². The van der Waals surface area contributed by atoms with Crippen LogP contribution in [0, 0.1) is 5.92 Å². The lowest BCUT2D eigenvalue weighted by atomic mass is 9.98. The Labute approximate surface area is 216 Å². The van der Waals surface area contributed by atoms with E-state index in [1.807, 2.05) is 54.6 Å². The van der Waals surface area contributed by atoms with Gasteiger partial charge >= 0.3 is 12.1 Å². The van der Waals surface area contributed by atoms with Gasteiger partial charge in [-0.05, 0) is 40.7 Å². The van der Waals surface area contributed by atoms with E-state index in [1.165, 1.54) is 4.90 Å². The number of carboxylic acid groups (broad SMARTS) is 1. The zero-order valence-electron chi connectivity index (χ0n) is 20.5. The third-order valence-corrected chi connectivity index (χ3v) is 7.33. The number of rotatable bonds is 8. The maximum atomic E-state index is 13.4. The van der Waals surface area contributed by atoms with Crippen molar-refractivity contribution in [3.63, 3.8) is 0 Å². The van der Waals surface area contributed by atoms with E-state index in [-0.39, 0.29) is 31.5 Å². The van der Waals surface area contributed by atoms with Crippen LogP contribution in [0.15, 0.2) is 78.9 Å². The number of carbonyl (C=O) groups excluding carboxylic acids is 2. The monoisotopic (exact) mass is 498 g/mol. The highest BCUT2D eigenvalue weighted by molar-refractivity contribution is 5.84. The molecule has 0 spiro atoms. The van der Waals surface area contributed by atoms with Crippen LogP contribution >= 0.6 is 0 Å². The van der Waals surface area contributed by atoms with Crippen LogP contribution in [0.5, 0.6) is 0 Å². The summed E-state index contributed by atoms with van der Waals surface area (Å²) in [6, 6.07) is 25.2. The number of hydrogen-bond acceptors (Lipinski definition) is 4. The smallest absolute Gasteiger partial charge is 0.407 e. The summed E-state index contributed by atoms with van der Waals surface area (Å²) in [5.41, 5.74) is 5.44. The van der Waals surface area contributed by atoms with Crippen molar-refractivity contribution in [2.75, 3.05) is 13.2 Å². The molecule has 2 atom stereocenters. The van der Waals surface area contributed by atoms with Crippen LogP contribution in [-0.4, -0.2) is 47.2 Å². The summed E-state index contributed by atoms with van der Waals surface area (Å²) in [6.45, 7) is 0.0202. The third-order valence-electron chi connectivity index (χ3n) is 7.33. The maximum Gasteiger partial charge on any atom is 0.407 e. The molecule has 2 N–H and O–H groups in total. The molecule has 7 heteroatoms. The van der Waals surface area contributed by atoms with Gasteiger partial charge in [-0.25, -0.2) is 4.79 Å².